The summed E-state index contributed by atoms with van der Waals surface area (Å²) in [6.45, 7) is 4.81. The molecule has 0 spiro atoms. The van der Waals surface area contributed by atoms with Crippen molar-refractivity contribution in [1.82, 2.24) is 5.32 Å². The zero-order valence-electron chi connectivity index (χ0n) is 9.21. The first-order valence-electron chi connectivity index (χ1n) is 5.81. The standard InChI is InChI=1S/C14H19N/c1-2-3-10-15-14-9-8-12-6-4-5-7-13(12)11-14/h2,4-7,14-15H,1,3,8-11H2. The molecule has 80 valence electrons. The highest BCUT2D eigenvalue weighted by molar-refractivity contribution is 5.30. The number of fused-ring (bicyclic) bond motifs is 1. The van der Waals surface area contributed by atoms with Crippen LogP contribution in [0.15, 0.2) is 36.9 Å². The number of rotatable bonds is 4. The van der Waals surface area contributed by atoms with Gasteiger partial charge in [0.05, 0.1) is 0 Å². The van der Waals surface area contributed by atoms with E-state index in [0.29, 0.717) is 6.04 Å². The van der Waals surface area contributed by atoms with Crippen molar-refractivity contribution in [2.24, 2.45) is 0 Å². The van der Waals surface area contributed by atoms with Crippen molar-refractivity contribution in [3.63, 3.8) is 0 Å². The summed E-state index contributed by atoms with van der Waals surface area (Å²) in [6.07, 6.45) is 6.73. The Balaban J connectivity index is 1.91. The summed E-state index contributed by atoms with van der Waals surface area (Å²) in [6, 6.07) is 9.47. The molecule has 15 heavy (non-hydrogen) atoms. The van der Waals surface area contributed by atoms with Crippen LogP contribution in [-0.2, 0) is 12.8 Å². The van der Waals surface area contributed by atoms with Crippen LogP contribution in [0.4, 0.5) is 0 Å². The third kappa shape index (κ3) is 2.69. The van der Waals surface area contributed by atoms with Crippen LogP contribution in [0.3, 0.4) is 0 Å². The number of aryl methyl sites for hydroxylation is 1. The van der Waals surface area contributed by atoms with E-state index in [1.54, 1.807) is 5.56 Å². The number of hydrogen-bond donors (Lipinski definition) is 1. The summed E-state index contributed by atoms with van der Waals surface area (Å²) in [5, 5.41) is 3.59. The molecule has 1 N–H and O–H groups in total. The van der Waals surface area contributed by atoms with Crippen LogP contribution in [0.1, 0.15) is 24.0 Å². The molecule has 0 fully saturated rings. The Morgan fingerprint density at radius 1 is 1.33 bits per heavy atom. The summed E-state index contributed by atoms with van der Waals surface area (Å²) in [4.78, 5) is 0. The van der Waals surface area contributed by atoms with Crippen LogP contribution < -0.4 is 5.32 Å². The van der Waals surface area contributed by atoms with Crippen LogP contribution in [0, 0.1) is 0 Å². The van der Waals surface area contributed by atoms with E-state index in [2.05, 4.69) is 36.2 Å². The monoisotopic (exact) mass is 201 g/mol. The lowest BCUT2D eigenvalue weighted by molar-refractivity contribution is 0.463. The van der Waals surface area contributed by atoms with Gasteiger partial charge >= 0.3 is 0 Å². The van der Waals surface area contributed by atoms with Gasteiger partial charge in [-0.2, -0.15) is 0 Å². The normalized spacial score (nSPS) is 19.6. The van der Waals surface area contributed by atoms with E-state index in [0.717, 1.165) is 13.0 Å². The van der Waals surface area contributed by atoms with Crippen molar-refractivity contribution in [2.75, 3.05) is 6.54 Å². The van der Waals surface area contributed by atoms with Crippen LogP contribution in [0.5, 0.6) is 0 Å². The van der Waals surface area contributed by atoms with Crippen LogP contribution in [0.25, 0.3) is 0 Å². The summed E-state index contributed by atoms with van der Waals surface area (Å²) in [5.74, 6) is 0. The summed E-state index contributed by atoms with van der Waals surface area (Å²) in [5.41, 5.74) is 3.07. The van der Waals surface area contributed by atoms with Crippen molar-refractivity contribution >= 4 is 0 Å². The Morgan fingerprint density at radius 3 is 2.93 bits per heavy atom. The van der Waals surface area contributed by atoms with Gasteiger partial charge in [-0.15, -0.1) is 6.58 Å². The Bertz CT molecular complexity index is 330. The Morgan fingerprint density at radius 2 is 2.13 bits per heavy atom. The van der Waals surface area contributed by atoms with Crippen molar-refractivity contribution in [2.45, 2.75) is 31.7 Å². The molecule has 0 saturated heterocycles. The van der Waals surface area contributed by atoms with Gasteiger partial charge in [0, 0.05) is 6.04 Å². The van der Waals surface area contributed by atoms with Gasteiger partial charge < -0.3 is 5.32 Å². The van der Waals surface area contributed by atoms with E-state index in [9.17, 15) is 0 Å². The molecule has 2 rings (SSSR count). The quantitative estimate of drug-likeness (QED) is 0.583. The van der Waals surface area contributed by atoms with Crippen LogP contribution in [-0.4, -0.2) is 12.6 Å². The fraction of sp³-hybridized carbons (Fsp3) is 0.429. The summed E-state index contributed by atoms with van der Waals surface area (Å²) in [7, 11) is 0. The van der Waals surface area contributed by atoms with Gasteiger partial charge in [-0.25, -0.2) is 0 Å². The molecule has 1 aliphatic carbocycles. The summed E-state index contributed by atoms with van der Waals surface area (Å²) < 4.78 is 0. The number of nitrogens with one attached hydrogen (secondary N) is 1. The first kappa shape index (κ1) is 10.4. The lowest BCUT2D eigenvalue weighted by Gasteiger charge is -2.25. The minimum atomic E-state index is 0.667. The van der Waals surface area contributed by atoms with E-state index in [1.807, 2.05) is 6.08 Å². The zero-order valence-corrected chi connectivity index (χ0v) is 9.21. The van der Waals surface area contributed by atoms with Gasteiger partial charge in [0.1, 0.15) is 0 Å². The SMILES string of the molecule is C=CCCNC1CCc2ccccc2C1. The first-order valence-corrected chi connectivity index (χ1v) is 5.81. The lowest BCUT2D eigenvalue weighted by Crippen LogP contribution is -2.34. The second-order valence-electron chi connectivity index (χ2n) is 4.24. The molecule has 1 nitrogen and oxygen atoms in total. The molecule has 0 bridgehead atoms. The smallest absolute Gasteiger partial charge is 0.0111 e. The zero-order chi connectivity index (χ0) is 10.5. The van der Waals surface area contributed by atoms with Gasteiger partial charge in [0.25, 0.3) is 0 Å². The molecule has 0 radical (unpaired) electrons. The van der Waals surface area contributed by atoms with Crippen molar-refractivity contribution in [3.05, 3.63) is 48.0 Å². The van der Waals surface area contributed by atoms with Crippen LogP contribution >= 0.6 is 0 Å². The lowest BCUT2D eigenvalue weighted by atomic mass is 9.88. The van der Waals surface area contributed by atoms with Crippen molar-refractivity contribution in [1.29, 1.82) is 0 Å². The van der Waals surface area contributed by atoms with E-state index in [-0.39, 0.29) is 0 Å². The minimum Gasteiger partial charge on any atom is -0.313 e. The third-order valence-electron chi connectivity index (χ3n) is 3.13. The van der Waals surface area contributed by atoms with E-state index >= 15 is 0 Å². The van der Waals surface area contributed by atoms with Gasteiger partial charge in [-0.05, 0) is 43.4 Å². The molecule has 1 unspecified atom stereocenters. The summed E-state index contributed by atoms with van der Waals surface area (Å²) >= 11 is 0. The van der Waals surface area contributed by atoms with Gasteiger partial charge in [0.2, 0.25) is 0 Å². The largest absolute Gasteiger partial charge is 0.313 e. The van der Waals surface area contributed by atoms with Crippen molar-refractivity contribution in [3.8, 4) is 0 Å². The molecule has 1 aromatic carbocycles. The highest BCUT2D eigenvalue weighted by atomic mass is 14.9. The number of hydrogen-bond acceptors (Lipinski definition) is 1. The fourth-order valence-corrected chi connectivity index (χ4v) is 2.26. The molecule has 1 aromatic rings. The van der Waals surface area contributed by atoms with Gasteiger partial charge in [-0.1, -0.05) is 30.3 Å². The maximum atomic E-state index is 3.74. The Hall–Kier alpha value is -1.08. The molecular weight excluding hydrogens is 182 g/mol. The molecule has 1 heteroatoms. The van der Waals surface area contributed by atoms with E-state index < -0.39 is 0 Å². The molecule has 1 atom stereocenters. The molecule has 0 saturated carbocycles. The van der Waals surface area contributed by atoms with Crippen LogP contribution in [0.2, 0.25) is 0 Å². The maximum absolute atomic E-state index is 3.74. The molecule has 0 aromatic heterocycles. The average Bonchev–Trinajstić information content (AvgIpc) is 2.29. The minimum absolute atomic E-state index is 0.667. The Labute approximate surface area is 92.2 Å². The molecular formula is C14H19N. The third-order valence-corrected chi connectivity index (χ3v) is 3.13. The molecule has 0 aliphatic heterocycles. The average molecular weight is 201 g/mol. The second-order valence-corrected chi connectivity index (χ2v) is 4.24. The predicted molar refractivity (Wildman–Crippen MR) is 65.1 cm³/mol. The Kier molecular flexibility index (Phi) is 3.57. The first-order chi connectivity index (χ1) is 7.40. The topological polar surface area (TPSA) is 12.0 Å². The van der Waals surface area contributed by atoms with Gasteiger partial charge in [-0.3, -0.25) is 0 Å². The van der Waals surface area contributed by atoms with E-state index in [1.165, 1.54) is 24.8 Å². The number of benzene rings is 1. The van der Waals surface area contributed by atoms with E-state index in [4.69, 9.17) is 0 Å². The van der Waals surface area contributed by atoms with Gasteiger partial charge in [0.15, 0.2) is 0 Å². The highest BCUT2D eigenvalue weighted by Crippen LogP contribution is 2.20. The highest BCUT2D eigenvalue weighted by Gasteiger charge is 2.16. The molecule has 0 amide bonds. The fourth-order valence-electron chi connectivity index (χ4n) is 2.26. The molecule has 1 aliphatic rings. The molecule has 0 heterocycles. The maximum Gasteiger partial charge on any atom is 0.0111 e. The second kappa shape index (κ2) is 5.13. The predicted octanol–water partition coefficient (Wildman–Crippen LogP) is 2.71. The van der Waals surface area contributed by atoms with Crippen molar-refractivity contribution < 1.29 is 0 Å².